The largest absolute Gasteiger partial charge is 0.310 e. The van der Waals surface area contributed by atoms with E-state index in [1.54, 1.807) is 0 Å². The maximum absolute atomic E-state index is 2.41. The van der Waals surface area contributed by atoms with Gasteiger partial charge in [0, 0.05) is 17.1 Å². The normalized spacial score (nSPS) is 12.2. The molecule has 0 saturated heterocycles. The third-order valence-electron chi connectivity index (χ3n) is 10.4. The number of rotatable bonds is 5. The van der Waals surface area contributed by atoms with Crippen molar-refractivity contribution in [3.8, 4) is 33.4 Å². The summed E-state index contributed by atoms with van der Waals surface area (Å²) in [5, 5.41) is 5.11. The number of fused-ring (bicyclic) bond motifs is 6. The molecule has 0 aliphatic heterocycles. The number of aryl methyl sites for hydroxylation is 2. The fourth-order valence-corrected chi connectivity index (χ4v) is 7.23. The van der Waals surface area contributed by atoms with Crippen LogP contribution in [0, 0.1) is 13.8 Å². The summed E-state index contributed by atoms with van der Waals surface area (Å²) in [4.78, 5) is 2.41. The van der Waals surface area contributed by atoms with Crippen molar-refractivity contribution >= 4 is 38.6 Å². The van der Waals surface area contributed by atoms with Crippen LogP contribution in [0.2, 0.25) is 0 Å². The van der Waals surface area contributed by atoms with E-state index in [-0.39, 0.29) is 5.41 Å². The van der Waals surface area contributed by atoms with Crippen LogP contribution < -0.4 is 4.90 Å². The first-order chi connectivity index (χ1) is 23.0. The van der Waals surface area contributed by atoms with Crippen LogP contribution in [-0.4, -0.2) is 0 Å². The molecule has 1 aliphatic rings. The molecule has 0 bridgehead atoms. The van der Waals surface area contributed by atoms with Gasteiger partial charge >= 0.3 is 0 Å². The molecule has 0 unspecified atom stereocenters. The lowest BCUT2D eigenvalue weighted by Crippen LogP contribution is -2.11. The Morgan fingerprint density at radius 1 is 0.458 bits per heavy atom. The third-order valence-corrected chi connectivity index (χ3v) is 10.4. The van der Waals surface area contributed by atoms with Crippen molar-refractivity contribution in [2.24, 2.45) is 0 Å². The molecular formula is C47H43N. The van der Waals surface area contributed by atoms with E-state index in [4.69, 9.17) is 0 Å². The zero-order valence-corrected chi connectivity index (χ0v) is 29.1. The number of hydrogen-bond donors (Lipinski definition) is 0. The second kappa shape index (κ2) is 11.2. The van der Waals surface area contributed by atoms with Crippen LogP contribution in [0.3, 0.4) is 0 Å². The van der Waals surface area contributed by atoms with Gasteiger partial charge in [0.2, 0.25) is 0 Å². The Labute approximate surface area is 285 Å². The monoisotopic (exact) mass is 621 g/mol. The summed E-state index contributed by atoms with van der Waals surface area (Å²) in [6.45, 7) is 15.7. The zero-order valence-electron chi connectivity index (χ0n) is 29.1. The number of anilines is 3. The Morgan fingerprint density at radius 3 is 1.62 bits per heavy atom. The summed E-state index contributed by atoms with van der Waals surface area (Å²) in [6, 6.07) is 48.3. The van der Waals surface area contributed by atoms with E-state index in [9.17, 15) is 0 Å². The van der Waals surface area contributed by atoms with Crippen molar-refractivity contribution in [2.45, 2.75) is 59.8 Å². The Hall–Kier alpha value is -5.14. The van der Waals surface area contributed by atoms with Crippen molar-refractivity contribution in [3.05, 3.63) is 150 Å². The minimum atomic E-state index is 0.155. The quantitative estimate of drug-likeness (QED) is 0.185. The van der Waals surface area contributed by atoms with Gasteiger partial charge in [0.1, 0.15) is 0 Å². The van der Waals surface area contributed by atoms with Gasteiger partial charge in [-0.3, -0.25) is 0 Å². The summed E-state index contributed by atoms with van der Waals surface area (Å²) in [6.07, 6.45) is 0. The van der Waals surface area contributed by atoms with Crippen LogP contribution in [-0.2, 0) is 5.41 Å². The van der Waals surface area contributed by atoms with Crippen molar-refractivity contribution in [1.82, 2.24) is 0 Å². The lowest BCUT2D eigenvalue weighted by Gasteiger charge is -2.28. The minimum absolute atomic E-state index is 0.155. The maximum Gasteiger partial charge on any atom is 0.0468 e. The molecule has 0 radical (unpaired) electrons. The van der Waals surface area contributed by atoms with E-state index in [2.05, 4.69) is 181 Å². The van der Waals surface area contributed by atoms with E-state index in [0.717, 1.165) is 0 Å². The van der Waals surface area contributed by atoms with Gasteiger partial charge in [0.05, 0.1) is 0 Å². The van der Waals surface area contributed by atoms with Crippen molar-refractivity contribution in [3.63, 3.8) is 0 Å². The van der Waals surface area contributed by atoms with Gasteiger partial charge in [-0.2, -0.15) is 0 Å². The molecule has 1 heteroatoms. The molecular weight excluding hydrogens is 579 g/mol. The first-order valence-corrected chi connectivity index (χ1v) is 17.3. The Kier molecular flexibility index (Phi) is 7.07. The van der Waals surface area contributed by atoms with Crippen LogP contribution in [0.5, 0.6) is 0 Å². The molecule has 8 rings (SSSR count). The molecule has 0 amide bonds. The van der Waals surface area contributed by atoms with Gasteiger partial charge in [-0.25, -0.2) is 0 Å². The number of hydrogen-bond acceptors (Lipinski definition) is 1. The van der Waals surface area contributed by atoms with Crippen LogP contribution in [0.25, 0.3) is 54.9 Å². The molecule has 1 nitrogen and oxygen atoms in total. The van der Waals surface area contributed by atoms with Crippen molar-refractivity contribution in [1.29, 1.82) is 0 Å². The van der Waals surface area contributed by atoms with E-state index < -0.39 is 0 Å². The van der Waals surface area contributed by atoms with Gasteiger partial charge in [-0.1, -0.05) is 95.3 Å². The van der Waals surface area contributed by atoms with E-state index in [1.807, 2.05) is 0 Å². The van der Waals surface area contributed by atoms with Crippen LogP contribution in [0.4, 0.5) is 17.1 Å². The summed E-state index contributed by atoms with van der Waals surface area (Å²) in [5.74, 6) is 0.463. The topological polar surface area (TPSA) is 3.24 Å². The fraction of sp³-hybridized carbons (Fsp3) is 0.191. The van der Waals surface area contributed by atoms with Crippen molar-refractivity contribution < 1.29 is 0 Å². The van der Waals surface area contributed by atoms with E-state index >= 15 is 0 Å². The fourth-order valence-electron chi connectivity index (χ4n) is 7.23. The maximum atomic E-state index is 2.41. The number of benzene rings is 7. The smallest absolute Gasteiger partial charge is 0.0468 e. The summed E-state index contributed by atoms with van der Waals surface area (Å²) < 4.78 is 0. The average molecular weight is 622 g/mol. The Bertz CT molecular complexity index is 2370. The number of nitrogens with zero attached hydrogens (tertiary/aromatic N) is 1. The molecule has 7 aromatic rings. The molecule has 0 spiro atoms. The zero-order chi connectivity index (χ0) is 33.3. The lowest BCUT2D eigenvalue weighted by molar-refractivity contribution is 0.590. The SMILES string of the molecule is Cc1ccc(N(c2cccc(C(C)C)c2)c2ccc3cc4c(cc3c2)-c2cc3ccc(-c5ccc(C(C)(C)C)cc5)cc3cc2-4)cc1C. The van der Waals surface area contributed by atoms with E-state index in [0.29, 0.717) is 5.92 Å². The highest BCUT2D eigenvalue weighted by molar-refractivity contribution is 6.12. The first-order valence-electron chi connectivity index (χ1n) is 17.3. The first kappa shape index (κ1) is 30.2. The molecule has 0 N–H and O–H groups in total. The lowest BCUT2D eigenvalue weighted by atomic mass is 9.77. The highest BCUT2D eigenvalue weighted by Gasteiger charge is 2.24. The summed E-state index contributed by atoms with van der Waals surface area (Å²) >= 11 is 0. The molecule has 0 aromatic heterocycles. The predicted octanol–water partition coefficient (Wildman–Crippen LogP) is 13.8. The standard InChI is InChI=1S/C47H43N/c1-29(2)33-9-8-10-40(23-33)48(41-19-11-30(3)31(4)21-41)42-20-16-36-26-44-45-27-37-22-34(32-14-17-39(18-15-32)47(5,6)7)12-13-35(37)25-43(45)46(44)28-38(36)24-42/h8-29H,1-7H3. The molecule has 0 atom stereocenters. The van der Waals surface area contributed by atoms with Crippen LogP contribution in [0.1, 0.15) is 62.8 Å². The minimum Gasteiger partial charge on any atom is -0.310 e. The van der Waals surface area contributed by atoms with Gasteiger partial charge in [-0.15, -0.1) is 0 Å². The second-order valence-corrected chi connectivity index (χ2v) is 15.1. The predicted molar refractivity (Wildman–Crippen MR) is 208 cm³/mol. The van der Waals surface area contributed by atoms with Gasteiger partial charge < -0.3 is 4.90 Å². The van der Waals surface area contributed by atoms with Gasteiger partial charge in [-0.05, 0) is 169 Å². The average Bonchev–Trinajstić information content (AvgIpc) is 3.08. The molecule has 1 aliphatic carbocycles. The highest BCUT2D eigenvalue weighted by Crippen LogP contribution is 2.51. The highest BCUT2D eigenvalue weighted by atomic mass is 15.1. The molecule has 48 heavy (non-hydrogen) atoms. The van der Waals surface area contributed by atoms with Crippen LogP contribution in [0.15, 0.2) is 127 Å². The molecule has 0 fully saturated rings. The third kappa shape index (κ3) is 5.19. The molecule has 0 heterocycles. The Balaban J connectivity index is 1.18. The van der Waals surface area contributed by atoms with E-state index in [1.165, 1.54) is 94.2 Å². The van der Waals surface area contributed by atoms with Gasteiger partial charge in [0.25, 0.3) is 0 Å². The van der Waals surface area contributed by atoms with Crippen LogP contribution >= 0.6 is 0 Å². The summed E-state index contributed by atoms with van der Waals surface area (Å²) in [5.41, 5.74) is 16.9. The molecule has 0 saturated carbocycles. The Morgan fingerprint density at radius 2 is 1.00 bits per heavy atom. The molecule has 236 valence electrons. The second-order valence-electron chi connectivity index (χ2n) is 15.1. The van der Waals surface area contributed by atoms with Gasteiger partial charge in [0.15, 0.2) is 0 Å². The van der Waals surface area contributed by atoms with Crippen molar-refractivity contribution in [2.75, 3.05) is 4.90 Å². The summed E-state index contributed by atoms with van der Waals surface area (Å²) in [7, 11) is 0. The molecule has 7 aromatic carbocycles.